The third kappa shape index (κ3) is 5.36. The SMILES string of the molecule is CCOC(=O)CCC(C(N)=O)=C(c1ccc(OC)cc1)c1ccc(OC)cc1. The molecule has 0 aliphatic carbocycles. The lowest BCUT2D eigenvalue weighted by molar-refractivity contribution is -0.143. The van der Waals surface area contributed by atoms with Crippen LogP contribution in [-0.2, 0) is 14.3 Å². The smallest absolute Gasteiger partial charge is 0.306 e. The molecule has 0 fully saturated rings. The summed E-state index contributed by atoms with van der Waals surface area (Å²) in [7, 11) is 3.17. The standard InChI is InChI=1S/C22H25NO5/c1-4-28-20(24)14-13-19(22(23)25)21(15-5-9-17(26-2)10-6-15)16-7-11-18(27-3)12-8-16/h5-12H,4,13-14H2,1-3H3,(H2,23,25). The molecule has 0 saturated carbocycles. The van der Waals surface area contributed by atoms with Gasteiger partial charge in [0.15, 0.2) is 0 Å². The van der Waals surface area contributed by atoms with E-state index in [1.54, 1.807) is 21.1 Å². The van der Waals surface area contributed by atoms with Gasteiger partial charge >= 0.3 is 5.97 Å². The fraction of sp³-hybridized carbons (Fsp3) is 0.273. The lowest BCUT2D eigenvalue weighted by Crippen LogP contribution is -2.18. The molecule has 2 rings (SSSR count). The number of esters is 1. The zero-order chi connectivity index (χ0) is 20.5. The van der Waals surface area contributed by atoms with Gasteiger partial charge in [-0.05, 0) is 54.3 Å². The maximum Gasteiger partial charge on any atom is 0.306 e. The van der Waals surface area contributed by atoms with E-state index in [0.717, 1.165) is 11.1 Å². The van der Waals surface area contributed by atoms with Crippen molar-refractivity contribution in [2.45, 2.75) is 19.8 Å². The first-order chi connectivity index (χ1) is 13.5. The van der Waals surface area contributed by atoms with Crippen LogP contribution < -0.4 is 15.2 Å². The van der Waals surface area contributed by atoms with Gasteiger partial charge in [0.1, 0.15) is 11.5 Å². The molecule has 0 unspecified atom stereocenters. The summed E-state index contributed by atoms with van der Waals surface area (Å²) in [6, 6.07) is 14.6. The average molecular weight is 383 g/mol. The van der Waals surface area contributed by atoms with Crippen LogP contribution in [0.5, 0.6) is 11.5 Å². The Morgan fingerprint density at radius 2 is 1.29 bits per heavy atom. The Kier molecular flexibility index (Phi) is 7.63. The molecule has 0 aliphatic heterocycles. The number of amides is 1. The van der Waals surface area contributed by atoms with Crippen molar-refractivity contribution in [2.24, 2.45) is 5.73 Å². The summed E-state index contributed by atoms with van der Waals surface area (Å²) >= 11 is 0. The number of carbonyl (C=O) groups is 2. The highest BCUT2D eigenvalue weighted by molar-refractivity contribution is 6.04. The van der Waals surface area contributed by atoms with E-state index in [-0.39, 0.29) is 25.4 Å². The monoisotopic (exact) mass is 383 g/mol. The van der Waals surface area contributed by atoms with E-state index in [1.807, 2.05) is 48.5 Å². The molecular formula is C22H25NO5. The van der Waals surface area contributed by atoms with Gasteiger partial charge in [0.05, 0.1) is 20.8 Å². The molecule has 0 bridgehead atoms. The highest BCUT2D eigenvalue weighted by Gasteiger charge is 2.18. The predicted octanol–water partition coefficient (Wildman–Crippen LogP) is 3.33. The second-order valence-corrected chi connectivity index (χ2v) is 5.98. The molecule has 28 heavy (non-hydrogen) atoms. The lowest BCUT2D eigenvalue weighted by Gasteiger charge is -2.15. The fourth-order valence-corrected chi connectivity index (χ4v) is 2.86. The molecule has 0 heterocycles. The molecule has 0 saturated heterocycles. The van der Waals surface area contributed by atoms with Crippen LogP contribution in [0.4, 0.5) is 0 Å². The molecule has 0 aromatic heterocycles. The van der Waals surface area contributed by atoms with E-state index >= 15 is 0 Å². The van der Waals surface area contributed by atoms with Gasteiger partial charge in [-0.25, -0.2) is 0 Å². The van der Waals surface area contributed by atoms with Gasteiger partial charge in [0.2, 0.25) is 5.91 Å². The van der Waals surface area contributed by atoms with Gasteiger partial charge in [-0.15, -0.1) is 0 Å². The van der Waals surface area contributed by atoms with Crippen LogP contribution in [0.3, 0.4) is 0 Å². The van der Waals surface area contributed by atoms with Crippen LogP contribution >= 0.6 is 0 Å². The van der Waals surface area contributed by atoms with Gasteiger partial charge in [0, 0.05) is 12.0 Å². The molecule has 0 radical (unpaired) electrons. The Bertz CT molecular complexity index is 789. The number of hydrogen-bond donors (Lipinski definition) is 1. The number of ether oxygens (including phenoxy) is 3. The summed E-state index contributed by atoms with van der Waals surface area (Å²) in [6.45, 7) is 2.03. The second-order valence-electron chi connectivity index (χ2n) is 5.98. The van der Waals surface area contributed by atoms with E-state index in [9.17, 15) is 9.59 Å². The molecule has 0 spiro atoms. The van der Waals surface area contributed by atoms with Gasteiger partial charge in [0.25, 0.3) is 0 Å². The molecule has 148 valence electrons. The van der Waals surface area contributed by atoms with E-state index < -0.39 is 5.91 Å². The Balaban J connectivity index is 2.55. The molecule has 0 aliphatic rings. The Labute approximate surface area is 164 Å². The minimum Gasteiger partial charge on any atom is -0.497 e. The van der Waals surface area contributed by atoms with Crippen molar-refractivity contribution in [3.8, 4) is 11.5 Å². The number of carbonyl (C=O) groups excluding carboxylic acids is 2. The van der Waals surface area contributed by atoms with Crippen LogP contribution in [0.2, 0.25) is 0 Å². The third-order valence-electron chi connectivity index (χ3n) is 4.24. The highest BCUT2D eigenvalue weighted by Crippen LogP contribution is 2.31. The summed E-state index contributed by atoms with van der Waals surface area (Å²) in [5, 5.41) is 0. The molecular weight excluding hydrogens is 358 g/mol. The quantitative estimate of drug-likeness (QED) is 0.530. The lowest BCUT2D eigenvalue weighted by atomic mass is 9.90. The van der Waals surface area contributed by atoms with Gasteiger partial charge in [-0.2, -0.15) is 0 Å². The minimum atomic E-state index is -0.578. The van der Waals surface area contributed by atoms with Crippen molar-refractivity contribution in [1.29, 1.82) is 0 Å². The Morgan fingerprint density at radius 3 is 1.64 bits per heavy atom. The van der Waals surface area contributed by atoms with Gasteiger partial charge < -0.3 is 19.9 Å². The predicted molar refractivity (Wildman–Crippen MR) is 107 cm³/mol. The van der Waals surface area contributed by atoms with Crippen LogP contribution in [-0.4, -0.2) is 32.7 Å². The van der Waals surface area contributed by atoms with Crippen molar-refractivity contribution in [2.75, 3.05) is 20.8 Å². The molecule has 2 aromatic carbocycles. The summed E-state index contributed by atoms with van der Waals surface area (Å²) in [4.78, 5) is 24.1. The second kappa shape index (κ2) is 10.2. The van der Waals surface area contributed by atoms with Crippen LogP contribution in [0, 0.1) is 0 Å². The van der Waals surface area contributed by atoms with E-state index in [0.29, 0.717) is 22.6 Å². The van der Waals surface area contributed by atoms with E-state index in [2.05, 4.69) is 0 Å². The number of benzene rings is 2. The normalized spacial score (nSPS) is 10.1. The first-order valence-corrected chi connectivity index (χ1v) is 8.97. The summed E-state index contributed by atoms with van der Waals surface area (Å²) in [5.41, 5.74) is 8.31. The van der Waals surface area contributed by atoms with Crippen molar-refractivity contribution in [3.05, 3.63) is 65.2 Å². The molecule has 0 atom stereocenters. The zero-order valence-corrected chi connectivity index (χ0v) is 16.4. The molecule has 2 aromatic rings. The topological polar surface area (TPSA) is 87.9 Å². The minimum absolute atomic E-state index is 0.0714. The Hall–Kier alpha value is -3.28. The number of primary amides is 1. The maximum absolute atomic E-state index is 12.3. The molecule has 2 N–H and O–H groups in total. The maximum atomic E-state index is 12.3. The zero-order valence-electron chi connectivity index (χ0n) is 16.4. The van der Waals surface area contributed by atoms with Crippen LogP contribution in [0.15, 0.2) is 54.1 Å². The van der Waals surface area contributed by atoms with Gasteiger partial charge in [-0.1, -0.05) is 24.3 Å². The average Bonchev–Trinajstić information content (AvgIpc) is 2.71. The molecule has 1 amide bonds. The number of methoxy groups -OCH3 is 2. The highest BCUT2D eigenvalue weighted by atomic mass is 16.5. The van der Waals surface area contributed by atoms with E-state index in [1.165, 1.54) is 0 Å². The summed E-state index contributed by atoms with van der Waals surface area (Å²) in [5.74, 6) is 0.450. The first kappa shape index (κ1) is 21.0. The van der Waals surface area contributed by atoms with Crippen LogP contribution in [0.25, 0.3) is 5.57 Å². The van der Waals surface area contributed by atoms with Crippen molar-refractivity contribution >= 4 is 17.4 Å². The largest absolute Gasteiger partial charge is 0.497 e. The van der Waals surface area contributed by atoms with Gasteiger partial charge in [-0.3, -0.25) is 9.59 Å². The van der Waals surface area contributed by atoms with Crippen molar-refractivity contribution in [3.63, 3.8) is 0 Å². The molecule has 6 nitrogen and oxygen atoms in total. The first-order valence-electron chi connectivity index (χ1n) is 8.97. The van der Waals surface area contributed by atoms with Crippen molar-refractivity contribution < 1.29 is 23.8 Å². The number of rotatable bonds is 9. The van der Waals surface area contributed by atoms with E-state index in [4.69, 9.17) is 19.9 Å². The summed E-state index contributed by atoms with van der Waals surface area (Å²) < 4.78 is 15.4. The third-order valence-corrected chi connectivity index (χ3v) is 4.24. The number of hydrogen-bond acceptors (Lipinski definition) is 5. The summed E-state index contributed by atoms with van der Waals surface area (Å²) in [6.07, 6.45) is 0.253. The Morgan fingerprint density at radius 1 is 0.821 bits per heavy atom. The molecule has 6 heteroatoms. The van der Waals surface area contributed by atoms with Crippen LogP contribution in [0.1, 0.15) is 30.9 Å². The van der Waals surface area contributed by atoms with Crippen molar-refractivity contribution in [1.82, 2.24) is 0 Å². The fourth-order valence-electron chi connectivity index (χ4n) is 2.86. The number of nitrogens with two attached hydrogens (primary N) is 1.